The van der Waals surface area contributed by atoms with E-state index in [2.05, 4.69) is 28.1 Å². The summed E-state index contributed by atoms with van der Waals surface area (Å²) >= 11 is 0. The Labute approximate surface area is 124 Å². The summed E-state index contributed by atoms with van der Waals surface area (Å²) in [5.41, 5.74) is -0.246. The molecule has 1 aliphatic carbocycles. The predicted molar refractivity (Wildman–Crippen MR) is 82.5 cm³/mol. The Kier molecular flexibility index (Phi) is 5.83. The summed E-state index contributed by atoms with van der Waals surface area (Å²) in [6, 6.07) is 2.55. The van der Waals surface area contributed by atoms with Gasteiger partial charge in [-0.1, -0.05) is 13.3 Å². The first kappa shape index (κ1) is 15.8. The van der Waals surface area contributed by atoms with Crippen LogP contribution in [0.4, 0.5) is 0 Å². The Morgan fingerprint density at radius 1 is 1.20 bits per heavy atom. The van der Waals surface area contributed by atoms with Crippen LogP contribution in [0.1, 0.15) is 39.0 Å². The summed E-state index contributed by atoms with van der Waals surface area (Å²) in [5.74, 6) is 0.533. The Balaban J connectivity index is 1.75. The van der Waals surface area contributed by atoms with Crippen molar-refractivity contribution >= 4 is 0 Å². The van der Waals surface area contributed by atoms with E-state index < -0.39 is 0 Å². The fraction of sp³-hybridized carbons (Fsp3) is 0.938. The van der Waals surface area contributed by atoms with Crippen molar-refractivity contribution in [2.45, 2.75) is 44.6 Å². The third-order valence-electron chi connectivity index (χ3n) is 5.26. The molecular weight excluding hydrogens is 248 g/mol. The molecule has 0 aromatic carbocycles. The largest absolute Gasteiger partial charge is 0.302 e. The molecule has 20 heavy (non-hydrogen) atoms. The first-order chi connectivity index (χ1) is 9.74. The Hall–Kier alpha value is -0.630. The lowest BCUT2D eigenvalue weighted by Crippen LogP contribution is -2.49. The molecule has 1 saturated heterocycles. The van der Waals surface area contributed by atoms with Gasteiger partial charge in [-0.25, -0.2) is 0 Å². The van der Waals surface area contributed by atoms with Crippen LogP contribution < -0.4 is 5.32 Å². The van der Waals surface area contributed by atoms with Gasteiger partial charge in [0.05, 0.1) is 6.07 Å². The molecule has 4 heteroatoms. The van der Waals surface area contributed by atoms with Crippen molar-refractivity contribution in [3.8, 4) is 6.07 Å². The number of hydrogen-bond donors (Lipinski definition) is 1. The number of nitriles is 1. The molecule has 0 radical (unpaired) electrons. The molecule has 1 aliphatic heterocycles. The lowest BCUT2D eigenvalue weighted by atomic mass is 9.86. The molecule has 2 rings (SSSR count). The van der Waals surface area contributed by atoms with Crippen molar-refractivity contribution in [3.05, 3.63) is 0 Å². The molecule has 0 aromatic rings. The number of nitrogens with zero attached hydrogens (tertiary/aromatic N) is 3. The molecular formula is C16H30N4. The van der Waals surface area contributed by atoms with Crippen LogP contribution in [0.15, 0.2) is 0 Å². The molecule has 0 spiro atoms. The monoisotopic (exact) mass is 278 g/mol. The van der Waals surface area contributed by atoms with Crippen molar-refractivity contribution in [2.24, 2.45) is 5.92 Å². The number of rotatable bonds is 6. The van der Waals surface area contributed by atoms with Gasteiger partial charge in [0.15, 0.2) is 0 Å². The van der Waals surface area contributed by atoms with Gasteiger partial charge in [0.1, 0.15) is 5.54 Å². The summed E-state index contributed by atoms with van der Waals surface area (Å²) in [6.07, 6.45) is 5.86. The maximum absolute atomic E-state index is 9.48. The van der Waals surface area contributed by atoms with Gasteiger partial charge in [-0.05, 0) is 51.7 Å². The van der Waals surface area contributed by atoms with E-state index in [0.29, 0.717) is 5.92 Å². The SMILES string of the molecule is CCCN1CCN(CCC2CCCC2(C#N)NC)CC1. The van der Waals surface area contributed by atoms with Gasteiger partial charge in [-0.2, -0.15) is 5.26 Å². The van der Waals surface area contributed by atoms with Gasteiger partial charge in [-0.3, -0.25) is 0 Å². The van der Waals surface area contributed by atoms with Gasteiger partial charge in [-0.15, -0.1) is 0 Å². The number of nitrogens with one attached hydrogen (secondary N) is 1. The number of piperazine rings is 1. The molecule has 0 amide bonds. The number of hydrogen-bond acceptors (Lipinski definition) is 4. The maximum atomic E-state index is 9.48. The van der Waals surface area contributed by atoms with E-state index >= 15 is 0 Å². The van der Waals surface area contributed by atoms with Crippen LogP contribution in [-0.2, 0) is 0 Å². The van der Waals surface area contributed by atoms with E-state index in [1.165, 1.54) is 58.4 Å². The Morgan fingerprint density at radius 3 is 2.40 bits per heavy atom. The molecule has 0 aromatic heterocycles. The zero-order valence-electron chi connectivity index (χ0n) is 13.2. The van der Waals surface area contributed by atoms with E-state index in [1.807, 2.05) is 7.05 Å². The van der Waals surface area contributed by atoms with Crippen molar-refractivity contribution in [1.29, 1.82) is 5.26 Å². The summed E-state index contributed by atoms with van der Waals surface area (Å²) in [5, 5.41) is 12.8. The average Bonchev–Trinajstić information content (AvgIpc) is 2.90. The fourth-order valence-corrected chi connectivity index (χ4v) is 3.89. The van der Waals surface area contributed by atoms with Crippen molar-refractivity contribution in [1.82, 2.24) is 15.1 Å². The normalized spacial score (nSPS) is 32.4. The minimum atomic E-state index is -0.246. The molecule has 2 atom stereocenters. The smallest absolute Gasteiger partial charge is 0.109 e. The van der Waals surface area contributed by atoms with Crippen LogP contribution in [0.3, 0.4) is 0 Å². The van der Waals surface area contributed by atoms with E-state index in [4.69, 9.17) is 0 Å². The van der Waals surface area contributed by atoms with Gasteiger partial charge in [0.2, 0.25) is 0 Å². The molecule has 2 aliphatic rings. The minimum Gasteiger partial charge on any atom is -0.302 e. The van der Waals surface area contributed by atoms with Gasteiger partial charge in [0.25, 0.3) is 0 Å². The minimum absolute atomic E-state index is 0.246. The predicted octanol–water partition coefficient (Wildman–Crippen LogP) is 1.69. The molecule has 1 heterocycles. The zero-order valence-corrected chi connectivity index (χ0v) is 13.2. The van der Waals surface area contributed by atoms with Crippen molar-refractivity contribution < 1.29 is 0 Å². The van der Waals surface area contributed by atoms with Crippen molar-refractivity contribution in [3.63, 3.8) is 0 Å². The molecule has 0 bridgehead atoms. The van der Waals surface area contributed by atoms with Gasteiger partial charge in [0, 0.05) is 26.2 Å². The van der Waals surface area contributed by atoms with Crippen LogP contribution in [0, 0.1) is 17.2 Å². The second-order valence-corrected chi connectivity index (χ2v) is 6.39. The van der Waals surface area contributed by atoms with Gasteiger partial charge < -0.3 is 15.1 Å². The maximum Gasteiger partial charge on any atom is 0.109 e. The van der Waals surface area contributed by atoms with Crippen LogP contribution in [0.25, 0.3) is 0 Å². The third kappa shape index (κ3) is 3.52. The quantitative estimate of drug-likeness (QED) is 0.803. The lowest BCUT2D eigenvalue weighted by Gasteiger charge is -2.36. The van der Waals surface area contributed by atoms with E-state index in [1.54, 1.807) is 0 Å². The highest BCUT2D eigenvalue weighted by atomic mass is 15.3. The second-order valence-electron chi connectivity index (χ2n) is 6.39. The molecule has 2 fully saturated rings. The first-order valence-electron chi connectivity index (χ1n) is 8.29. The molecule has 114 valence electrons. The van der Waals surface area contributed by atoms with Gasteiger partial charge >= 0.3 is 0 Å². The highest BCUT2D eigenvalue weighted by Gasteiger charge is 2.41. The Bertz CT molecular complexity index is 330. The third-order valence-corrected chi connectivity index (χ3v) is 5.26. The first-order valence-corrected chi connectivity index (χ1v) is 8.29. The van der Waals surface area contributed by atoms with Crippen molar-refractivity contribution in [2.75, 3.05) is 46.3 Å². The van der Waals surface area contributed by atoms with E-state index in [0.717, 1.165) is 13.0 Å². The molecule has 1 saturated carbocycles. The highest BCUT2D eigenvalue weighted by molar-refractivity contribution is 5.13. The zero-order chi connectivity index (χ0) is 14.4. The molecule has 1 N–H and O–H groups in total. The summed E-state index contributed by atoms with van der Waals surface area (Å²) < 4.78 is 0. The summed E-state index contributed by atoms with van der Waals surface area (Å²) in [6.45, 7) is 9.49. The summed E-state index contributed by atoms with van der Waals surface area (Å²) in [4.78, 5) is 5.15. The molecule has 2 unspecified atom stereocenters. The van der Waals surface area contributed by atoms with E-state index in [-0.39, 0.29) is 5.54 Å². The van der Waals surface area contributed by atoms with Crippen LogP contribution in [0.2, 0.25) is 0 Å². The highest BCUT2D eigenvalue weighted by Crippen LogP contribution is 2.37. The van der Waals surface area contributed by atoms with E-state index in [9.17, 15) is 5.26 Å². The van der Waals surface area contributed by atoms with Crippen LogP contribution in [-0.4, -0.2) is 61.7 Å². The standard InChI is InChI=1S/C16H30N4/c1-3-8-19-10-12-20(13-11-19)9-6-15-5-4-7-16(15,14-17)18-2/h15,18H,3-13H2,1-2H3. The lowest BCUT2D eigenvalue weighted by molar-refractivity contribution is 0.123. The average molecular weight is 278 g/mol. The van der Waals surface area contributed by atoms with Crippen LogP contribution >= 0.6 is 0 Å². The van der Waals surface area contributed by atoms with Crippen LogP contribution in [0.5, 0.6) is 0 Å². The summed E-state index contributed by atoms with van der Waals surface area (Å²) in [7, 11) is 1.95. The Morgan fingerprint density at radius 2 is 1.85 bits per heavy atom. The molecule has 4 nitrogen and oxygen atoms in total. The topological polar surface area (TPSA) is 42.3 Å². The second kappa shape index (κ2) is 7.40. The fourth-order valence-electron chi connectivity index (χ4n) is 3.89.